The molecule has 1 aromatic heterocycles. The zero-order chi connectivity index (χ0) is 27.7. The van der Waals surface area contributed by atoms with Crippen molar-refractivity contribution < 1.29 is 14.3 Å². The van der Waals surface area contributed by atoms with Crippen LogP contribution >= 0.6 is 11.6 Å². The van der Waals surface area contributed by atoms with Gasteiger partial charge in [0.2, 0.25) is 14.2 Å². The minimum atomic E-state index is -2.37. The summed E-state index contributed by atoms with van der Waals surface area (Å²) in [5.41, 5.74) is 4.25. The molecule has 0 saturated heterocycles. The van der Waals surface area contributed by atoms with E-state index in [1.54, 1.807) is 7.11 Å². The molecule has 2 heterocycles. The summed E-state index contributed by atoms with van der Waals surface area (Å²) in [6, 6.07) is 20.4. The van der Waals surface area contributed by atoms with E-state index >= 15 is 0 Å². The lowest BCUT2D eigenvalue weighted by atomic mass is 10.00. The standard InChI is InChI=1S/C29H30ClN5O3Si/c1-18-33-34-29-25(16-27(36)31-17-19-5-12-23(13-6-19)39(3,4)37)32-28(20-7-9-21(30)10-8-20)24-15-22(38-2)11-14-26(24)35(18)29/h5-15,25,37H,16-17H2,1-4H3,(H,31,36)/t25-/m0/s1. The third-order valence-electron chi connectivity index (χ3n) is 6.78. The molecule has 0 bridgehead atoms. The highest BCUT2D eigenvalue weighted by molar-refractivity contribution is 6.83. The molecule has 1 atom stereocenters. The molecule has 0 radical (unpaired) electrons. The van der Waals surface area contributed by atoms with Crippen LogP contribution in [0.4, 0.5) is 0 Å². The number of methoxy groups -OCH3 is 1. The zero-order valence-corrected chi connectivity index (χ0v) is 24.0. The second-order valence-electron chi connectivity index (χ2n) is 10.1. The number of halogens is 1. The molecule has 4 aromatic rings. The quantitative estimate of drug-likeness (QED) is 0.330. The largest absolute Gasteiger partial charge is 0.497 e. The van der Waals surface area contributed by atoms with Gasteiger partial charge in [0.25, 0.3) is 0 Å². The number of carbonyl (C=O) groups is 1. The van der Waals surface area contributed by atoms with E-state index in [0.717, 1.165) is 33.3 Å². The first-order valence-electron chi connectivity index (χ1n) is 12.7. The summed E-state index contributed by atoms with van der Waals surface area (Å²) in [7, 11) is -0.745. The molecule has 8 nitrogen and oxygen atoms in total. The fourth-order valence-electron chi connectivity index (χ4n) is 4.66. The Morgan fingerprint density at radius 2 is 1.79 bits per heavy atom. The summed E-state index contributed by atoms with van der Waals surface area (Å²) in [6.45, 7) is 6.01. The molecule has 10 heteroatoms. The van der Waals surface area contributed by atoms with Gasteiger partial charge in [0.1, 0.15) is 17.6 Å². The lowest BCUT2D eigenvalue weighted by Crippen LogP contribution is -2.41. The molecular weight excluding hydrogens is 530 g/mol. The van der Waals surface area contributed by atoms with Crippen molar-refractivity contribution in [2.75, 3.05) is 7.11 Å². The molecule has 0 unspecified atom stereocenters. The molecule has 0 fully saturated rings. The van der Waals surface area contributed by atoms with E-state index in [1.807, 2.05) is 91.3 Å². The molecule has 0 spiro atoms. The maximum absolute atomic E-state index is 13.2. The van der Waals surface area contributed by atoms with Crippen molar-refractivity contribution in [1.29, 1.82) is 0 Å². The van der Waals surface area contributed by atoms with Gasteiger partial charge in [-0.05, 0) is 61.1 Å². The molecule has 0 aliphatic carbocycles. The first-order chi connectivity index (χ1) is 18.6. The summed E-state index contributed by atoms with van der Waals surface area (Å²) in [4.78, 5) is 28.6. The number of benzene rings is 3. The molecular formula is C29H30ClN5O3Si. The Bertz CT molecular complexity index is 1540. The van der Waals surface area contributed by atoms with E-state index in [2.05, 4.69) is 15.5 Å². The van der Waals surface area contributed by atoms with Gasteiger partial charge in [0.05, 0.1) is 24.9 Å². The van der Waals surface area contributed by atoms with Crippen molar-refractivity contribution in [1.82, 2.24) is 20.1 Å². The normalized spacial score (nSPS) is 14.6. The maximum Gasteiger partial charge on any atom is 0.222 e. The van der Waals surface area contributed by atoms with Crippen molar-refractivity contribution >= 4 is 36.7 Å². The number of aromatic nitrogens is 3. The number of hydrogen-bond acceptors (Lipinski definition) is 6. The molecule has 0 saturated carbocycles. The number of hydrogen-bond donors (Lipinski definition) is 2. The van der Waals surface area contributed by atoms with Crippen LogP contribution in [0.3, 0.4) is 0 Å². The van der Waals surface area contributed by atoms with Gasteiger partial charge in [-0.1, -0.05) is 48.0 Å². The Labute approximate surface area is 233 Å². The van der Waals surface area contributed by atoms with Crippen LogP contribution < -0.4 is 15.2 Å². The number of nitrogens with zero attached hydrogens (tertiary/aromatic N) is 4. The van der Waals surface area contributed by atoms with E-state index in [4.69, 9.17) is 21.3 Å². The van der Waals surface area contributed by atoms with Crippen LogP contribution in [-0.2, 0) is 11.3 Å². The number of fused-ring (bicyclic) bond motifs is 3. The van der Waals surface area contributed by atoms with Gasteiger partial charge in [-0.2, -0.15) is 0 Å². The number of aliphatic imine (C=N–C) groups is 1. The summed E-state index contributed by atoms with van der Waals surface area (Å²) >= 11 is 6.18. The van der Waals surface area contributed by atoms with Crippen LogP contribution in [0.25, 0.3) is 5.69 Å². The topological polar surface area (TPSA) is 102 Å². The maximum atomic E-state index is 13.2. The highest BCUT2D eigenvalue weighted by atomic mass is 35.5. The lowest BCUT2D eigenvalue weighted by molar-refractivity contribution is -0.121. The fourth-order valence-corrected chi connectivity index (χ4v) is 5.76. The number of amides is 1. The van der Waals surface area contributed by atoms with Crippen molar-refractivity contribution in [3.63, 3.8) is 0 Å². The summed E-state index contributed by atoms with van der Waals surface area (Å²) in [6.07, 6.45) is 0.0923. The Balaban J connectivity index is 1.48. The minimum Gasteiger partial charge on any atom is -0.497 e. The second kappa shape index (κ2) is 10.8. The summed E-state index contributed by atoms with van der Waals surface area (Å²) in [5.74, 6) is 1.83. The number of ether oxygens (including phenoxy) is 1. The predicted octanol–water partition coefficient (Wildman–Crippen LogP) is 4.24. The molecule has 1 aliphatic heterocycles. The summed E-state index contributed by atoms with van der Waals surface area (Å²) < 4.78 is 7.48. The Kier molecular flexibility index (Phi) is 7.39. The smallest absolute Gasteiger partial charge is 0.222 e. The van der Waals surface area contributed by atoms with Crippen LogP contribution in [0, 0.1) is 6.92 Å². The van der Waals surface area contributed by atoms with Gasteiger partial charge in [-0.3, -0.25) is 14.4 Å². The first-order valence-corrected chi connectivity index (χ1v) is 16.0. The van der Waals surface area contributed by atoms with Crippen molar-refractivity contribution in [3.8, 4) is 11.4 Å². The van der Waals surface area contributed by atoms with Crippen LogP contribution in [0.2, 0.25) is 18.1 Å². The van der Waals surface area contributed by atoms with Gasteiger partial charge < -0.3 is 14.8 Å². The van der Waals surface area contributed by atoms with E-state index in [0.29, 0.717) is 29.0 Å². The number of nitrogens with one attached hydrogen (secondary N) is 1. The highest BCUT2D eigenvalue weighted by Crippen LogP contribution is 2.34. The predicted molar refractivity (Wildman–Crippen MR) is 155 cm³/mol. The summed E-state index contributed by atoms with van der Waals surface area (Å²) in [5, 5.41) is 13.3. The molecule has 1 aliphatic rings. The average Bonchev–Trinajstić information content (AvgIpc) is 3.24. The van der Waals surface area contributed by atoms with Gasteiger partial charge >= 0.3 is 0 Å². The zero-order valence-electron chi connectivity index (χ0n) is 22.3. The molecule has 5 rings (SSSR count). The average molecular weight is 560 g/mol. The van der Waals surface area contributed by atoms with Crippen molar-refractivity contribution in [3.05, 3.63) is 100 Å². The van der Waals surface area contributed by atoms with Crippen molar-refractivity contribution in [2.45, 2.75) is 39.0 Å². The second-order valence-corrected chi connectivity index (χ2v) is 14.2. The van der Waals surface area contributed by atoms with E-state index in [1.165, 1.54) is 0 Å². The van der Waals surface area contributed by atoms with E-state index in [-0.39, 0.29) is 12.3 Å². The first kappa shape index (κ1) is 26.8. The number of carbonyl (C=O) groups excluding carboxylic acids is 1. The number of rotatable bonds is 7. The lowest BCUT2D eigenvalue weighted by Gasteiger charge is -2.15. The van der Waals surface area contributed by atoms with E-state index < -0.39 is 14.4 Å². The van der Waals surface area contributed by atoms with Gasteiger partial charge in [-0.25, -0.2) is 0 Å². The van der Waals surface area contributed by atoms with Gasteiger partial charge in [0, 0.05) is 22.7 Å². The van der Waals surface area contributed by atoms with Crippen LogP contribution in [0.15, 0.2) is 71.7 Å². The molecule has 2 N–H and O–H groups in total. The molecule has 1 amide bonds. The minimum absolute atomic E-state index is 0.0923. The Hall–Kier alpha value is -3.79. The highest BCUT2D eigenvalue weighted by Gasteiger charge is 2.30. The number of aryl methyl sites for hydroxylation is 1. The van der Waals surface area contributed by atoms with Crippen LogP contribution in [0.5, 0.6) is 5.75 Å². The monoisotopic (exact) mass is 559 g/mol. The van der Waals surface area contributed by atoms with Crippen LogP contribution in [0.1, 0.15) is 40.8 Å². The Morgan fingerprint density at radius 1 is 1.08 bits per heavy atom. The molecule has 200 valence electrons. The van der Waals surface area contributed by atoms with E-state index in [9.17, 15) is 9.59 Å². The van der Waals surface area contributed by atoms with Gasteiger partial charge in [-0.15, -0.1) is 10.2 Å². The SMILES string of the molecule is COc1ccc2c(c1)C(c1ccc(Cl)cc1)=N[C@@H](CC(=O)NCc1ccc([Si](C)(C)O)cc1)c1nnc(C)n1-2. The molecule has 3 aromatic carbocycles. The van der Waals surface area contributed by atoms with Crippen molar-refractivity contribution in [2.24, 2.45) is 4.99 Å². The Morgan fingerprint density at radius 3 is 2.46 bits per heavy atom. The fraction of sp³-hybridized carbons (Fsp3) is 0.241. The molecule has 39 heavy (non-hydrogen) atoms. The third-order valence-corrected chi connectivity index (χ3v) is 8.78. The van der Waals surface area contributed by atoms with Gasteiger partial charge in [0.15, 0.2) is 5.82 Å². The third kappa shape index (κ3) is 5.66. The van der Waals surface area contributed by atoms with Crippen LogP contribution in [-0.4, -0.2) is 46.6 Å².